The second-order valence-corrected chi connectivity index (χ2v) is 6.43. The Kier molecular flexibility index (Phi) is 5.16. The molecule has 0 aliphatic rings. The Bertz CT molecular complexity index is 1120. The van der Waals surface area contributed by atoms with Crippen molar-refractivity contribution >= 4 is 22.6 Å². The summed E-state index contributed by atoms with van der Waals surface area (Å²) in [6.45, 7) is 2.50. The summed E-state index contributed by atoms with van der Waals surface area (Å²) in [7, 11) is 1.57. The molecule has 1 amide bonds. The van der Waals surface area contributed by atoms with E-state index in [0.29, 0.717) is 23.6 Å². The van der Waals surface area contributed by atoms with E-state index in [9.17, 15) is 4.79 Å². The van der Waals surface area contributed by atoms with Crippen LogP contribution in [0.5, 0.6) is 11.5 Å². The Labute approximate surface area is 168 Å². The molecular weight excluding hydrogens is 366 g/mol. The first-order valence-corrected chi connectivity index (χ1v) is 9.35. The number of imidazole rings is 1. The van der Waals surface area contributed by atoms with Crippen LogP contribution in [0.2, 0.25) is 0 Å². The molecule has 6 heteroatoms. The van der Waals surface area contributed by atoms with Gasteiger partial charge < -0.3 is 19.8 Å². The maximum absolute atomic E-state index is 12.7. The maximum atomic E-state index is 12.7. The summed E-state index contributed by atoms with van der Waals surface area (Å²) < 4.78 is 10.8. The highest BCUT2D eigenvalue weighted by Gasteiger charge is 2.13. The van der Waals surface area contributed by atoms with Crippen molar-refractivity contribution in [2.24, 2.45) is 0 Å². The van der Waals surface area contributed by atoms with E-state index in [0.717, 1.165) is 28.2 Å². The van der Waals surface area contributed by atoms with Crippen LogP contribution in [-0.2, 0) is 0 Å². The van der Waals surface area contributed by atoms with Gasteiger partial charge in [0.05, 0.1) is 30.4 Å². The molecule has 0 unspecified atom stereocenters. The molecule has 0 spiro atoms. The number of methoxy groups -OCH3 is 1. The second-order valence-electron chi connectivity index (χ2n) is 6.43. The Balaban J connectivity index is 1.62. The molecule has 0 bridgehead atoms. The largest absolute Gasteiger partial charge is 0.495 e. The number of H-pyrrole nitrogens is 1. The van der Waals surface area contributed by atoms with Gasteiger partial charge >= 0.3 is 0 Å². The molecule has 29 heavy (non-hydrogen) atoms. The summed E-state index contributed by atoms with van der Waals surface area (Å²) in [6.07, 6.45) is 0. The number of anilines is 1. The zero-order valence-corrected chi connectivity index (χ0v) is 16.2. The van der Waals surface area contributed by atoms with Gasteiger partial charge in [-0.05, 0) is 61.5 Å². The van der Waals surface area contributed by atoms with Crippen LogP contribution < -0.4 is 14.8 Å². The predicted octanol–water partition coefficient (Wildman–Crippen LogP) is 4.89. The number of carbonyl (C=O) groups is 1. The van der Waals surface area contributed by atoms with Gasteiger partial charge in [0.1, 0.15) is 17.3 Å². The van der Waals surface area contributed by atoms with Crippen LogP contribution in [0.25, 0.3) is 22.4 Å². The standard InChI is InChI=1S/C23H21N3O3/c1-3-29-17-11-8-15(9-12-17)23(27)26-20-14-16(10-13-21(20)28-2)22-24-18-6-4-5-7-19(18)25-22/h4-14H,3H2,1-2H3,(H,24,25)(H,26,27). The topological polar surface area (TPSA) is 76.2 Å². The van der Waals surface area contributed by atoms with E-state index in [1.54, 1.807) is 31.4 Å². The number of aromatic amines is 1. The van der Waals surface area contributed by atoms with E-state index < -0.39 is 0 Å². The summed E-state index contributed by atoms with van der Waals surface area (Å²) in [6, 6.07) is 20.4. The number of aromatic nitrogens is 2. The lowest BCUT2D eigenvalue weighted by molar-refractivity contribution is 0.102. The molecule has 0 aliphatic carbocycles. The van der Waals surface area contributed by atoms with Gasteiger partial charge in [-0.3, -0.25) is 4.79 Å². The number of hydrogen-bond acceptors (Lipinski definition) is 4. The van der Waals surface area contributed by atoms with E-state index in [1.165, 1.54) is 0 Å². The van der Waals surface area contributed by atoms with Crippen LogP contribution in [-0.4, -0.2) is 29.6 Å². The normalized spacial score (nSPS) is 10.7. The summed E-state index contributed by atoms with van der Waals surface area (Å²) >= 11 is 0. The zero-order valence-electron chi connectivity index (χ0n) is 16.2. The molecule has 4 aromatic rings. The summed E-state index contributed by atoms with van der Waals surface area (Å²) in [4.78, 5) is 20.6. The van der Waals surface area contributed by atoms with Gasteiger partial charge in [0.15, 0.2) is 0 Å². The fourth-order valence-corrected chi connectivity index (χ4v) is 3.11. The minimum atomic E-state index is -0.229. The fourth-order valence-electron chi connectivity index (χ4n) is 3.11. The van der Waals surface area contributed by atoms with Crippen LogP contribution in [0.1, 0.15) is 17.3 Å². The number of ether oxygens (including phenoxy) is 2. The van der Waals surface area contributed by atoms with Crippen LogP contribution in [0.15, 0.2) is 66.7 Å². The van der Waals surface area contributed by atoms with E-state index in [2.05, 4.69) is 15.3 Å². The second kappa shape index (κ2) is 8.06. The van der Waals surface area contributed by atoms with Crippen molar-refractivity contribution in [3.05, 3.63) is 72.3 Å². The fraction of sp³-hybridized carbons (Fsp3) is 0.130. The van der Waals surface area contributed by atoms with E-state index >= 15 is 0 Å². The van der Waals surface area contributed by atoms with Gasteiger partial charge in [0, 0.05) is 11.1 Å². The molecule has 0 radical (unpaired) electrons. The van der Waals surface area contributed by atoms with Crippen molar-refractivity contribution in [3.63, 3.8) is 0 Å². The van der Waals surface area contributed by atoms with Crippen LogP contribution in [0.4, 0.5) is 5.69 Å². The van der Waals surface area contributed by atoms with E-state index in [4.69, 9.17) is 9.47 Å². The molecule has 0 fully saturated rings. The van der Waals surface area contributed by atoms with Crippen LogP contribution in [0.3, 0.4) is 0 Å². The maximum Gasteiger partial charge on any atom is 0.255 e. The molecule has 0 saturated heterocycles. The van der Waals surface area contributed by atoms with Gasteiger partial charge in [-0.15, -0.1) is 0 Å². The highest BCUT2D eigenvalue weighted by Crippen LogP contribution is 2.31. The molecular formula is C23H21N3O3. The molecule has 2 N–H and O–H groups in total. The van der Waals surface area contributed by atoms with Crippen molar-refractivity contribution in [2.75, 3.05) is 19.0 Å². The lowest BCUT2D eigenvalue weighted by Gasteiger charge is -2.12. The molecule has 0 aliphatic heterocycles. The number of benzene rings is 3. The van der Waals surface area contributed by atoms with E-state index in [1.807, 2.05) is 49.4 Å². The van der Waals surface area contributed by atoms with Gasteiger partial charge in [-0.25, -0.2) is 4.98 Å². The number of hydrogen-bond donors (Lipinski definition) is 2. The van der Waals surface area contributed by atoms with Crippen LogP contribution in [0, 0.1) is 0 Å². The van der Waals surface area contributed by atoms with Crippen molar-refractivity contribution in [2.45, 2.75) is 6.92 Å². The molecule has 6 nitrogen and oxygen atoms in total. The molecule has 146 valence electrons. The molecule has 3 aromatic carbocycles. The molecule has 1 aromatic heterocycles. The number of para-hydroxylation sites is 2. The average molecular weight is 387 g/mol. The predicted molar refractivity (Wildman–Crippen MR) is 114 cm³/mol. The number of amides is 1. The monoisotopic (exact) mass is 387 g/mol. The third kappa shape index (κ3) is 3.91. The molecule has 4 rings (SSSR count). The minimum absolute atomic E-state index is 0.229. The number of fused-ring (bicyclic) bond motifs is 1. The number of nitrogens with one attached hydrogen (secondary N) is 2. The highest BCUT2D eigenvalue weighted by molar-refractivity contribution is 6.05. The Hall–Kier alpha value is -3.80. The first kappa shape index (κ1) is 18.6. The first-order valence-electron chi connectivity index (χ1n) is 9.35. The van der Waals surface area contributed by atoms with Gasteiger partial charge in [-0.2, -0.15) is 0 Å². The third-order valence-electron chi connectivity index (χ3n) is 4.54. The summed E-state index contributed by atoms with van der Waals surface area (Å²) in [5.74, 6) is 1.80. The third-order valence-corrected chi connectivity index (χ3v) is 4.54. The minimum Gasteiger partial charge on any atom is -0.495 e. The Morgan fingerprint density at radius 1 is 1.07 bits per heavy atom. The number of nitrogens with zero attached hydrogens (tertiary/aromatic N) is 1. The first-order chi connectivity index (χ1) is 14.2. The molecule has 1 heterocycles. The van der Waals surface area contributed by atoms with Crippen molar-refractivity contribution < 1.29 is 14.3 Å². The number of carbonyl (C=O) groups excluding carboxylic acids is 1. The summed E-state index contributed by atoms with van der Waals surface area (Å²) in [5.41, 5.74) is 3.80. The quantitative estimate of drug-likeness (QED) is 0.494. The summed E-state index contributed by atoms with van der Waals surface area (Å²) in [5, 5.41) is 2.93. The lowest BCUT2D eigenvalue weighted by Crippen LogP contribution is -2.12. The SMILES string of the molecule is CCOc1ccc(C(=O)Nc2cc(-c3nc4ccccc4[nH]3)ccc2OC)cc1. The average Bonchev–Trinajstić information content (AvgIpc) is 3.19. The van der Waals surface area contributed by atoms with E-state index in [-0.39, 0.29) is 5.91 Å². The highest BCUT2D eigenvalue weighted by atomic mass is 16.5. The smallest absolute Gasteiger partial charge is 0.255 e. The Morgan fingerprint density at radius 3 is 2.59 bits per heavy atom. The van der Waals surface area contributed by atoms with Gasteiger partial charge in [0.25, 0.3) is 5.91 Å². The van der Waals surface area contributed by atoms with Crippen LogP contribution >= 0.6 is 0 Å². The number of rotatable bonds is 6. The Morgan fingerprint density at radius 2 is 1.86 bits per heavy atom. The van der Waals surface area contributed by atoms with Crippen molar-refractivity contribution in [1.29, 1.82) is 0 Å². The molecule has 0 saturated carbocycles. The molecule has 0 atom stereocenters. The van der Waals surface area contributed by atoms with Gasteiger partial charge in [-0.1, -0.05) is 12.1 Å². The lowest BCUT2D eigenvalue weighted by atomic mass is 10.1. The van der Waals surface area contributed by atoms with Gasteiger partial charge in [0.2, 0.25) is 0 Å². The van der Waals surface area contributed by atoms with Crippen molar-refractivity contribution in [3.8, 4) is 22.9 Å². The van der Waals surface area contributed by atoms with Crippen molar-refractivity contribution in [1.82, 2.24) is 9.97 Å². The zero-order chi connectivity index (χ0) is 20.2.